The van der Waals surface area contributed by atoms with Crippen molar-refractivity contribution in [1.29, 1.82) is 0 Å². The Bertz CT molecular complexity index is 1230. The van der Waals surface area contributed by atoms with Gasteiger partial charge in [0, 0.05) is 23.4 Å². The van der Waals surface area contributed by atoms with Gasteiger partial charge in [0.2, 0.25) is 0 Å². The number of nitrogens with one attached hydrogen (secondary N) is 4. The molecule has 4 aromatic rings. The average Bonchev–Trinajstić information content (AvgIpc) is 2.78. The summed E-state index contributed by atoms with van der Waals surface area (Å²) in [6.07, 6.45) is 0. The van der Waals surface area contributed by atoms with Gasteiger partial charge >= 0.3 is 12.1 Å². The molecule has 4 rings (SSSR count). The number of anilines is 2. The zero-order valence-electron chi connectivity index (χ0n) is 17.2. The van der Waals surface area contributed by atoms with Crippen molar-refractivity contribution in [2.45, 2.75) is 13.0 Å². The minimum absolute atomic E-state index is 0.256. The van der Waals surface area contributed by atoms with Gasteiger partial charge in [-0.05, 0) is 29.8 Å². The highest BCUT2D eigenvalue weighted by molar-refractivity contribution is 6.02. The lowest BCUT2D eigenvalue weighted by Gasteiger charge is -2.17. The van der Waals surface area contributed by atoms with Gasteiger partial charge in [0.25, 0.3) is 0 Å². The largest absolute Gasteiger partial charge is 0.336 e. The monoisotopic (exact) mass is 412 g/mol. The number of carbonyl (C=O) groups is 2. The lowest BCUT2D eigenvalue weighted by Crippen LogP contribution is -2.44. The maximum Gasteiger partial charge on any atom is 0.319 e. The molecule has 0 spiro atoms. The topological polar surface area (TPSA) is 82.3 Å². The molecule has 6 nitrogen and oxygen atoms in total. The summed E-state index contributed by atoms with van der Waals surface area (Å²) in [4.78, 5) is 24.7. The van der Waals surface area contributed by atoms with Crippen LogP contribution in [0.4, 0.5) is 21.0 Å². The molecule has 0 aliphatic carbocycles. The predicted octanol–water partition coefficient (Wildman–Crippen LogP) is 5.32. The Morgan fingerprint density at radius 1 is 0.677 bits per heavy atom. The fraction of sp³-hybridized carbons (Fsp3) is 0.120. The number of carbonyl (C=O) groups excluding carboxylic acids is 2. The standard InChI is InChI=1S/C25H24N4O2/c1-17(27-25(31)29-23-15-7-11-19-9-3-5-13-21(19)23)16-26-24(30)28-22-14-6-10-18-8-2-4-12-20(18)22/h2-15,17H,16H2,1H3,(H2,26,28,30)(H2,27,29,31)/t17-/m1/s1. The van der Waals surface area contributed by atoms with Crippen LogP contribution in [0.3, 0.4) is 0 Å². The number of hydrogen-bond acceptors (Lipinski definition) is 2. The first-order chi connectivity index (χ1) is 15.1. The van der Waals surface area contributed by atoms with Gasteiger partial charge in [0.15, 0.2) is 0 Å². The summed E-state index contributed by atoms with van der Waals surface area (Å²) >= 11 is 0. The van der Waals surface area contributed by atoms with Crippen molar-refractivity contribution in [2.75, 3.05) is 17.2 Å². The van der Waals surface area contributed by atoms with Crippen LogP contribution in [0, 0.1) is 0 Å². The number of benzene rings is 4. The number of fused-ring (bicyclic) bond motifs is 2. The van der Waals surface area contributed by atoms with Crippen molar-refractivity contribution in [2.24, 2.45) is 0 Å². The first-order valence-corrected chi connectivity index (χ1v) is 10.2. The first-order valence-electron chi connectivity index (χ1n) is 10.2. The van der Waals surface area contributed by atoms with Gasteiger partial charge in [-0.3, -0.25) is 0 Å². The number of rotatable bonds is 5. The molecule has 156 valence electrons. The Hall–Kier alpha value is -4.06. The van der Waals surface area contributed by atoms with E-state index in [4.69, 9.17) is 0 Å². The summed E-state index contributed by atoms with van der Waals surface area (Å²) in [6, 6.07) is 26.4. The van der Waals surface area contributed by atoms with Gasteiger partial charge in [-0.25, -0.2) is 9.59 Å². The van der Waals surface area contributed by atoms with E-state index < -0.39 is 0 Å². The third-order valence-corrected chi connectivity index (χ3v) is 5.02. The first kappa shape index (κ1) is 20.2. The van der Waals surface area contributed by atoms with E-state index in [0.717, 1.165) is 32.9 Å². The van der Waals surface area contributed by atoms with Gasteiger partial charge < -0.3 is 21.3 Å². The molecule has 0 heterocycles. The van der Waals surface area contributed by atoms with E-state index in [1.165, 1.54) is 0 Å². The summed E-state index contributed by atoms with van der Waals surface area (Å²) in [5.74, 6) is 0. The summed E-state index contributed by atoms with van der Waals surface area (Å²) in [5.41, 5.74) is 1.48. The van der Waals surface area contributed by atoms with Crippen LogP contribution in [0.5, 0.6) is 0 Å². The van der Waals surface area contributed by atoms with Crippen molar-refractivity contribution in [3.63, 3.8) is 0 Å². The average molecular weight is 412 g/mol. The molecule has 6 heteroatoms. The maximum atomic E-state index is 12.4. The van der Waals surface area contributed by atoms with Gasteiger partial charge in [-0.2, -0.15) is 0 Å². The summed E-state index contributed by atoms with van der Waals surface area (Å²) in [5, 5.41) is 15.5. The van der Waals surface area contributed by atoms with E-state index in [1.54, 1.807) is 0 Å². The summed E-state index contributed by atoms with van der Waals surface area (Å²) < 4.78 is 0. The Balaban J connectivity index is 1.30. The molecular formula is C25H24N4O2. The van der Waals surface area contributed by atoms with E-state index in [2.05, 4.69) is 21.3 Å². The third-order valence-electron chi connectivity index (χ3n) is 5.02. The van der Waals surface area contributed by atoms with Crippen LogP contribution in [0.25, 0.3) is 21.5 Å². The fourth-order valence-electron chi connectivity index (χ4n) is 3.51. The summed E-state index contributed by atoms with van der Waals surface area (Å²) in [6.45, 7) is 2.13. The molecule has 4 N–H and O–H groups in total. The van der Waals surface area contributed by atoms with E-state index in [0.29, 0.717) is 6.54 Å². The normalized spacial score (nSPS) is 11.6. The second-order valence-corrected chi connectivity index (χ2v) is 7.39. The van der Waals surface area contributed by atoms with Crippen molar-refractivity contribution < 1.29 is 9.59 Å². The Morgan fingerprint density at radius 3 is 1.74 bits per heavy atom. The minimum Gasteiger partial charge on any atom is -0.336 e. The lowest BCUT2D eigenvalue weighted by atomic mass is 10.1. The van der Waals surface area contributed by atoms with Crippen molar-refractivity contribution in [3.8, 4) is 0 Å². The van der Waals surface area contributed by atoms with Crippen LogP contribution < -0.4 is 21.3 Å². The lowest BCUT2D eigenvalue weighted by molar-refractivity contribution is 0.244. The van der Waals surface area contributed by atoms with E-state index in [9.17, 15) is 9.59 Å². The maximum absolute atomic E-state index is 12.4. The molecule has 4 aromatic carbocycles. The van der Waals surface area contributed by atoms with E-state index in [-0.39, 0.29) is 18.1 Å². The molecule has 0 saturated carbocycles. The van der Waals surface area contributed by atoms with Crippen molar-refractivity contribution in [1.82, 2.24) is 10.6 Å². The van der Waals surface area contributed by atoms with Gasteiger partial charge in [-0.15, -0.1) is 0 Å². The second-order valence-electron chi connectivity index (χ2n) is 7.39. The molecule has 1 atom stereocenters. The predicted molar refractivity (Wildman–Crippen MR) is 127 cm³/mol. The highest BCUT2D eigenvalue weighted by Crippen LogP contribution is 2.23. The van der Waals surface area contributed by atoms with Crippen molar-refractivity contribution >= 4 is 45.0 Å². The SMILES string of the molecule is C[C@H](CNC(=O)Nc1cccc2ccccc12)NC(=O)Nc1cccc2ccccc12. The molecule has 0 aliphatic rings. The zero-order valence-corrected chi connectivity index (χ0v) is 17.2. The Morgan fingerprint density at radius 2 is 1.16 bits per heavy atom. The summed E-state index contributed by atoms with van der Waals surface area (Å²) in [7, 11) is 0. The van der Waals surface area contributed by atoms with Crippen LogP contribution in [-0.4, -0.2) is 24.6 Å². The molecule has 0 saturated heterocycles. The minimum atomic E-state index is -0.320. The van der Waals surface area contributed by atoms with Gasteiger partial charge in [0.05, 0.1) is 11.4 Å². The van der Waals surface area contributed by atoms with Crippen LogP contribution in [0.15, 0.2) is 84.9 Å². The highest BCUT2D eigenvalue weighted by Gasteiger charge is 2.11. The molecule has 31 heavy (non-hydrogen) atoms. The quantitative estimate of drug-likeness (QED) is 0.358. The molecule has 4 amide bonds. The van der Waals surface area contributed by atoms with Crippen LogP contribution in [0.1, 0.15) is 6.92 Å². The molecule has 0 fully saturated rings. The Labute approximate surface area is 180 Å². The van der Waals surface area contributed by atoms with Crippen molar-refractivity contribution in [3.05, 3.63) is 84.9 Å². The number of urea groups is 2. The molecule has 0 unspecified atom stereocenters. The molecule has 0 bridgehead atoms. The van der Waals surface area contributed by atoms with Gasteiger partial charge in [-0.1, -0.05) is 72.8 Å². The molecule has 0 radical (unpaired) electrons. The van der Waals surface area contributed by atoms with Crippen LogP contribution in [-0.2, 0) is 0 Å². The third kappa shape index (κ3) is 4.93. The smallest absolute Gasteiger partial charge is 0.319 e. The molecule has 0 aromatic heterocycles. The fourth-order valence-corrected chi connectivity index (χ4v) is 3.51. The molecular weight excluding hydrogens is 388 g/mol. The highest BCUT2D eigenvalue weighted by atomic mass is 16.2. The van der Waals surface area contributed by atoms with E-state index >= 15 is 0 Å². The van der Waals surface area contributed by atoms with Crippen LogP contribution in [0.2, 0.25) is 0 Å². The van der Waals surface area contributed by atoms with Gasteiger partial charge in [0.1, 0.15) is 0 Å². The Kier molecular flexibility index (Phi) is 5.98. The van der Waals surface area contributed by atoms with E-state index in [1.807, 2.05) is 91.9 Å². The number of hydrogen-bond donors (Lipinski definition) is 4. The molecule has 0 aliphatic heterocycles. The zero-order chi connectivity index (χ0) is 21.6. The second kappa shape index (κ2) is 9.17. The number of amides is 4. The van der Waals surface area contributed by atoms with Crippen LogP contribution >= 0.6 is 0 Å².